The molecule has 0 spiro atoms. The summed E-state index contributed by atoms with van der Waals surface area (Å²) in [7, 11) is 2.00. The molecule has 0 amide bonds. The fourth-order valence-electron chi connectivity index (χ4n) is 2.69. The monoisotopic (exact) mass is 373 g/mol. The fourth-order valence-corrected chi connectivity index (χ4v) is 2.69. The number of hydrogen-bond donors (Lipinski definition) is 1. The molecule has 2 aromatic rings. The van der Waals surface area contributed by atoms with Crippen molar-refractivity contribution in [3.8, 4) is 0 Å². The van der Waals surface area contributed by atoms with Crippen molar-refractivity contribution in [2.24, 2.45) is 5.73 Å². The van der Waals surface area contributed by atoms with Crippen LogP contribution in [0.15, 0.2) is 23.0 Å². The third-order valence-corrected chi connectivity index (χ3v) is 4.22. The molecule has 8 heteroatoms. The Labute approximate surface area is 155 Å². The van der Waals surface area contributed by atoms with Crippen molar-refractivity contribution in [3.05, 3.63) is 35.6 Å². The quantitative estimate of drug-likeness (QED) is 0.865. The van der Waals surface area contributed by atoms with Crippen LogP contribution in [0.4, 0.5) is 5.82 Å². The van der Waals surface area contributed by atoms with Gasteiger partial charge in [0.15, 0.2) is 5.76 Å². The van der Waals surface area contributed by atoms with Gasteiger partial charge < -0.3 is 15.2 Å². The topological polar surface area (TPSA) is 81.1 Å². The molecule has 0 radical (unpaired) electrons. The van der Waals surface area contributed by atoms with Crippen molar-refractivity contribution in [1.82, 2.24) is 15.1 Å². The SMILES string of the molecule is CC(C)c1cc(CN(C)c2cc(C3CC(N)C3)ncn2)on1.Cl.Cl. The summed E-state index contributed by atoms with van der Waals surface area (Å²) in [6.07, 6.45) is 3.66. The third-order valence-electron chi connectivity index (χ3n) is 4.22. The van der Waals surface area contributed by atoms with Gasteiger partial charge in [0.05, 0.1) is 12.2 Å². The average molecular weight is 374 g/mol. The summed E-state index contributed by atoms with van der Waals surface area (Å²) in [5.74, 6) is 2.59. The van der Waals surface area contributed by atoms with E-state index in [1.807, 2.05) is 18.0 Å². The van der Waals surface area contributed by atoms with Crippen LogP contribution in [-0.4, -0.2) is 28.2 Å². The summed E-state index contributed by atoms with van der Waals surface area (Å²) < 4.78 is 5.39. The minimum absolute atomic E-state index is 0. The number of anilines is 1. The van der Waals surface area contributed by atoms with Crippen molar-refractivity contribution in [2.45, 2.75) is 51.1 Å². The van der Waals surface area contributed by atoms with Gasteiger partial charge in [0.2, 0.25) is 0 Å². The summed E-state index contributed by atoms with van der Waals surface area (Å²) in [6, 6.07) is 4.38. The molecule has 2 heterocycles. The predicted molar refractivity (Wildman–Crippen MR) is 99.2 cm³/mol. The first kappa shape index (κ1) is 20.7. The molecule has 24 heavy (non-hydrogen) atoms. The highest BCUT2D eigenvalue weighted by molar-refractivity contribution is 5.85. The molecule has 2 aromatic heterocycles. The van der Waals surface area contributed by atoms with Gasteiger partial charge in [-0.2, -0.15) is 0 Å². The molecular formula is C16H25Cl2N5O. The summed E-state index contributed by atoms with van der Waals surface area (Å²) in [5.41, 5.74) is 7.92. The van der Waals surface area contributed by atoms with Crippen molar-refractivity contribution < 1.29 is 4.52 Å². The Hall–Kier alpha value is -1.37. The first-order valence-electron chi connectivity index (χ1n) is 7.77. The van der Waals surface area contributed by atoms with E-state index in [9.17, 15) is 0 Å². The van der Waals surface area contributed by atoms with Crippen molar-refractivity contribution >= 4 is 30.6 Å². The van der Waals surface area contributed by atoms with E-state index >= 15 is 0 Å². The molecule has 1 aliphatic rings. The van der Waals surface area contributed by atoms with Crippen LogP contribution in [0.1, 0.15) is 55.7 Å². The van der Waals surface area contributed by atoms with E-state index in [1.165, 1.54) is 0 Å². The van der Waals surface area contributed by atoms with Crippen LogP contribution in [0.25, 0.3) is 0 Å². The number of hydrogen-bond acceptors (Lipinski definition) is 6. The minimum Gasteiger partial charge on any atom is -0.359 e. The van der Waals surface area contributed by atoms with Crippen LogP contribution < -0.4 is 10.6 Å². The first-order valence-corrected chi connectivity index (χ1v) is 7.77. The van der Waals surface area contributed by atoms with Gasteiger partial charge in [-0.3, -0.25) is 0 Å². The number of rotatable bonds is 5. The van der Waals surface area contributed by atoms with Crippen LogP contribution in [0, 0.1) is 0 Å². The zero-order valence-electron chi connectivity index (χ0n) is 14.2. The maximum Gasteiger partial charge on any atom is 0.156 e. The lowest BCUT2D eigenvalue weighted by Crippen LogP contribution is -2.35. The van der Waals surface area contributed by atoms with E-state index in [2.05, 4.69) is 35.0 Å². The van der Waals surface area contributed by atoms with Crippen LogP contribution in [-0.2, 0) is 6.54 Å². The lowest BCUT2D eigenvalue weighted by Gasteiger charge is -2.32. The highest BCUT2D eigenvalue weighted by atomic mass is 35.5. The van der Waals surface area contributed by atoms with Gasteiger partial charge >= 0.3 is 0 Å². The van der Waals surface area contributed by atoms with Gasteiger partial charge in [-0.1, -0.05) is 19.0 Å². The second kappa shape index (κ2) is 8.65. The molecule has 134 valence electrons. The number of nitrogens with two attached hydrogens (primary N) is 1. The highest BCUT2D eigenvalue weighted by Gasteiger charge is 2.28. The first-order chi connectivity index (χ1) is 10.5. The molecule has 6 nitrogen and oxygen atoms in total. The smallest absolute Gasteiger partial charge is 0.156 e. The summed E-state index contributed by atoms with van der Waals surface area (Å²) >= 11 is 0. The minimum atomic E-state index is 0. The standard InChI is InChI=1S/C16H23N5O.2ClH/c1-10(2)14-6-13(22-20-14)8-21(3)16-7-15(18-9-19-16)11-4-12(17)5-11;;/h6-7,9-12H,4-5,8,17H2,1-3H3;2*1H. The summed E-state index contributed by atoms with van der Waals surface area (Å²) in [4.78, 5) is 10.8. The maximum absolute atomic E-state index is 5.86. The van der Waals surface area contributed by atoms with E-state index in [0.717, 1.165) is 35.8 Å². The Bertz CT molecular complexity index is 643. The maximum atomic E-state index is 5.86. The molecule has 1 aliphatic carbocycles. The second-order valence-electron chi connectivity index (χ2n) is 6.46. The molecule has 0 aliphatic heterocycles. The van der Waals surface area contributed by atoms with Crippen molar-refractivity contribution in [2.75, 3.05) is 11.9 Å². The number of halogens is 2. The van der Waals surface area contributed by atoms with Crippen LogP contribution in [0.5, 0.6) is 0 Å². The van der Waals surface area contributed by atoms with Crippen LogP contribution in [0.2, 0.25) is 0 Å². The molecule has 0 aromatic carbocycles. The van der Waals surface area contributed by atoms with Crippen molar-refractivity contribution in [1.29, 1.82) is 0 Å². The Morgan fingerprint density at radius 2 is 1.96 bits per heavy atom. The summed E-state index contributed by atoms with van der Waals surface area (Å²) in [5, 5.41) is 4.09. The molecular weight excluding hydrogens is 349 g/mol. The third kappa shape index (κ3) is 4.59. The van der Waals surface area contributed by atoms with Gasteiger partial charge in [-0.25, -0.2) is 9.97 Å². The molecule has 1 fully saturated rings. The molecule has 1 saturated carbocycles. The lowest BCUT2D eigenvalue weighted by molar-refractivity contribution is 0.345. The molecule has 0 unspecified atom stereocenters. The van der Waals surface area contributed by atoms with Gasteiger partial charge in [0.25, 0.3) is 0 Å². The van der Waals surface area contributed by atoms with Gasteiger partial charge in [0.1, 0.15) is 12.1 Å². The van der Waals surface area contributed by atoms with E-state index in [1.54, 1.807) is 6.33 Å². The second-order valence-corrected chi connectivity index (χ2v) is 6.46. The summed E-state index contributed by atoms with van der Waals surface area (Å²) in [6.45, 7) is 4.84. The fraction of sp³-hybridized carbons (Fsp3) is 0.562. The van der Waals surface area contributed by atoms with E-state index in [4.69, 9.17) is 10.3 Å². The molecule has 0 atom stereocenters. The molecule has 3 rings (SSSR count). The highest BCUT2D eigenvalue weighted by Crippen LogP contribution is 2.35. The van der Waals surface area contributed by atoms with Gasteiger partial charge in [0, 0.05) is 36.8 Å². The van der Waals surface area contributed by atoms with Crippen LogP contribution in [0.3, 0.4) is 0 Å². The Kier molecular flexibility index (Phi) is 7.45. The number of nitrogens with zero attached hydrogens (tertiary/aromatic N) is 4. The van der Waals surface area contributed by atoms with Gasteiger partial charge in [-0.05, 0) is 18.8 Å². The Morgan fingerprint density at radius 3 is 2.54 bits per heavy atom. The predicted octanol–water partition coefficient (Wildman–Crippen LogP) is 3.27. The lowest BCUT2D eigenvalue weighted by atomic mass is 9.78. The molecule has 0 bridgehead atoms. The average Bonchev–Trinajstić information content (AvgIpc) is 2.93. The number of aromatic nitrogens is 3. The van der Waals surface area contributed by atoms with E-state index in [-0.39, 0.29) is 24.8 Å². The normalized spacial score (nSPS) is 19.2. The molecule has 0 saturated heterocycles. The molecule has 2 N–H and O–H groups in total. The van der Waals surface area contributed by atoms with E-state index < -0.39 is 0 Å². The van der Waals surface area contributed by atoms with Gasteiger partial charge in [-0.15, -0.1) is 24.8 Å². The Balaban J connectivity index is 0.00000144. The largest absolute Gasteiger partial charge is 0.359 e. The van der Waals surface area contributed by atoms with Crippen LogP contribution >= 0.6 is 24.8 Å². The zero-order chi connectivity index (χ0) is 15.7. The Morgan fingerprint density at radius 1 is 1.25 bits per heavy atom. The zero-order valence-corrected chi connectivity index (χ0v) is 15.8. The van der Waals surface area contributed by atoms with Crippen molar-refractivity contribution in [3.63, 3.8) is 0 Å². The van der Waals surface area contributed by atoms with E-state index in [0.29, 0.717) is 24.4 Å².